The van der Waals surface area contributed by atoms with Crippen LogP contribution in [0.5, 0.6) is 0 Å². The molecule has 2 heterocycles. The van der Waals surface area contributed by atoms with E-state index in [1.165, 1.54) is 9.35 Å². The summed E-state index contributed by atoms with van der Waals surface area (Å²) in [5.41, 5.74) is 2.47. The lowest BCUT2D eigenvalue weighted by Crippen LogP contribution is -2.16. The van der Waals surface area contributed by atoms with Gasteiger partial charge in [0.25, 0.3) is 0 Å². The number of rotatable bonds is 5. The van der Waals surface area contributed by atoms with E-state index in [4.69, 9.17) is 0 Å². The molecule has 0 aliphatic carbocycles. The predicted molar refractivity (Wildman–Crippen MR) is 70.6 cm³/mol. The Labute approximate surface area is 108 Å². The zero-order valence-electron chi connectivity index (χ0n) is 9.11. The van der Waals surface area contributed by atoms with Crippen molar-refractivity contribution in [2.75, 3.05) is 6.54 Å². The van der Waals surface area contributed by atoms with Gasteiger partial charge in [0.15, 0.2) is 0 Å². The number of thiophene rings is 1. The average molecular weight is 300 g/mol. The molecule has 0 atom stereocenters. The maximum Gasteiger partial charge on any atom is 0.0701 e. The van der Waals surface area contributed by atoms with Crippen molar-refractivity contribution < 1.29 is 0 Å². The number of hydrogen-bond donors (Lipinski definition) is 1. The summed E-state index contributed by atoms with van der Waals surface area (Å²) in [4.78, 5) is 0. The van der Waals surface area contributed by atoms with Gasteiger partial charge in [-0.3, -0.25) is 4.68 Å². The lowest BCUT2D eigenvalue weighted by atomic mass is 10.3. The van der Waals surface area contributed by atoms with Crippen LogP contribution in [0.1, 0.15) is 11.3 Å². The molecule has 0 amide bonds. The molecule has 0 aliphatic rings. The van der Waals surface area contributed by atoms with E-state index in [-0.39, 0.29) is 0 Å². The lowest BCUT2D eigenvalue weighted by Gasteiger charge is -2.00. The van der Waals surface area contributed by atoms with Crippen LogP contribution in [0.25, 0.3) is 0 Å². The summed E-state index contributed by atoms with van der Waals surface area (Å²) >= 11 is 5.18. The van der Waals surface area contributed by atoms with Crippen LogP contribution in [-0.2, 0) is 20.0 Å². The van der Waals surface area contributed by atoms with Gasteiger partial charge in [-0.25, -0.2) is 0 Å². The maximum absolute atomic E-state index is 4.33. The second kappa shape index (κ2) is 5.61. The third kappa shape index (κ3) is 3.43. The van der Waals surface area contributed by atoms with E-state index in [0.717, 1.165) is 25.2 Å². The first-order valence-corrected chi connectivity index (χ1v) is 6.83. The molecule has 0 spiro atoms. The van der Waals surface area contributed by atoms with E-state index in [1.54, 1.807) is 11.3 Å². The number of aromatic nitrogens is 2. The Kier molecular flexibility index (Phi) is 4.15. The summed E-state index contributed by atoms with van der Waals surface area (Å²) in [6.45, 7) is 1.89. The summed E-state index contributed by atoms with van der Waals surface area (Å²) in [5.74, 6) is 0. The van der Waals surface area contributed by atoms with E-state index in [0.29, 0.717) is 0 Å². The second-order valence-electron chi connectivity index (χ2n) is 3.67. The highest BCUT2D eigenvalue weighted by molar-refractivity contribution is 9.11. The standard InChI is InChI=1S/C11H14BrN3S/c1-15-5-3-10(14-15)2-4-13-7-9-6-11(12)16-8-9/h3,5-6,8,13H,2,4,7H2,1H3. The first-order chi connectivity index (χ1) is 7.74. The molecular weight excluding hydrogens is 286 g/mol. The van der Waals surface area contributed by atoms with Crippen LogP contribution in [0.2, 0.25) is 0 Å². The van der Waals surface area contributed by atoms with E-state index >= 15 is 0 Å². The first-order valence-electron chi connectivity index (χ1n) is 5.16. The monoisotopic (exact) mass is 299 g/mol. The molecule has 16 heavy (non-hydrogen) atoms. The molecule has 0 radical (unpaired) electrons. The van der Waals surface area contributed by atoms with Crippen molar-refractivity contribution in [2.24, 2.45) is 7.05 Å². The predicted octanol–water partition coefficient (Wildman–Crippen LogP) is 2.58. The Hall–Kier alpha value is -0.650. The highest BCUT2D eigenvalue weighted by atomic mass is 79.9. The highest BCUT2D eigenvalue weighted by Crippen LogP contribution is 2.20. The topological polar surface area (TPSA) is 29.9 Å². The fourth-order valence-corrected chi connectivity index (χ4v) is 2.69. The van der Waals surface area contributed by atoms with Gasteiger partial charge in [-0.1, -0.05) is 0 Å². The van der Waals surface area contributed by atoms with Crippen LogP contribution in [0, 0.1) is 0 Å². The minimum atomic E-state index is 0.926. The van der Waals surface area contributed by atoms with E-state index in [9.17, 15) is 0 Å². The Bertz CT molecular complexity index is 407. The van der Waals surface area contributed by atoms with Crippen LogP contribution in [0.3, 0.4) is 0 Å². The smallest absolute Gasteiger partial charge is 0.0701 e. The molecule has 3 nitrogen and oxygen atoms in total. The first kappa shape index (κ1) is 11.8. The van der Waals surface area contributed by atoms with Crippen molar-refractivity contribution in [3.63, 3.8) is 0 Å². The van der Waals surface area contributed by atoms with Crippen molar-refractivity contribution in [1.82, 2.24) is 15.1 Å². The van der Waals surface area contributed by atoms with Crippen LogP contribution in [0.15, 0.2) is 27.5 Å². The molecule has 0 saturated heterocycles. The molecular formula is C11H14BrN3S. The van der Waals surface area contributed by atoms with Gasteiger partial charge in [-0.15, -0.1) is 11.3 Å². The Morgan fingerprint density at radius 1 is 1.56 bits per heavy atom. The maximum atomic E-state index is 4.33. The number of aryl methyl sites for hydroxylation is 1. The average Bonchev–Trinajstić information content (AvgIpc) is 2.83. The summed E-state index contributed by atoms with van der Waals surface area (Å²) in [6.07, 6.45) is 2.96. The molecule has 2 aromatic rings. The number of nitrogens with one attached hydrogen (secondary N) is 1. The van der Waals surface area contributed by atoms with Crippen LogP contribution in [0.4, 0.5) is 0 Å². The largest absolute Gasteiger partial charge is 0.312 e. The molecule has 0 saturated carbocycles. The molecule has 0 unspecified atom stereocenters. The van der Waals surface area contributed by atoms with E-state index in [1.807, 2.05) is 17.9 Å². The Morgan fingerprint density at radius 3 is 3.06 bits per heavy atom. The minimum absolute atomic E-state index is 0.926. The molecule has 1 N–H and O–H groups in total. The number of hydrogen-bond acceptors (Lipinski definition) is 3. The van der Waals surface area contributed by atoms with Crippen LogP contribution >= 0.6 is 27.3 Å². The molecule has 2 aromatic heterocycles. The summed E-state index contributed by atoms with van der Waals surface area (Å²) < 4.78 is 3.03. The van der Waals surface area contributed by atoms with Gasteiger partial charge in [-0.05, 0) is 39.0 Å². The molecule has 2 rings (SSSR count). The molecule has 0 aliphatic heterocycles. The van der Waals surface area contributed by atoms with E-state index < -0.39 is 0 Å². The van der Waals surface area contributed by atoms with Gasteiger partial charge in [0.1, 0.15) is 0 Å². The third-order valence-corrected chi connectivity index (χ3v) is 3.83. The van der Waals surface area contributed by atoms with Crippen molar-refractivity contribution in [1.29, 1.82) is 0 Å². The number of halogens is 1. The number of nitrogens with zero attached hydrogens (tertiary/aromatic N) is 2. The SMILES string of the molecule is Cn1ccc(CCNCc2csc(Br)c2)n1. The zero-order chi connectivity index (χ0) is 11.4. The lowest BCUT2D eigenvalue weighted by molar-refractivity contribution is 0.666. The Morgan fingerprint density at radius 2 is 2.44 bits per heavy atom. The molecule has 5 heteroatoms. The molecule has 0 bridgehead atoms. The molecule has 0 aromatic carbocycles. The molecule has 0 fully saturated rings. The van der Waals surface area contributed by atoms with Crippen molar-refractivity contribution in [2.45, 2.75) is 13.0 Å². The summed E-state index contributed by atoms with van der Waals surface area (Å²) in [5, 5.41) is 9.90. The van der Waals surface area contributed by atoms with Gasteiger partial charge in [-0.2, -0.15) is 5.10 Å². The zero-order valence-corrected chi connectivity index (χ0v) is 11.5. The van der Waals surface area contributed by atoms with Gasteiger partial charge in [0.05, 0.1) is 9.48 Å². The van der Waals surface area contributed by atoms with Crippen LogP contribution in [-0.4, -0.2) is 16.3 Å². The fraction of sp³-hybridized carbons (Fsp3) is 0.364. The van der Waals surface area contributed by atoms with Crippen molar-refractivity contribution in [3.05, 3.63) is 38.8 Å². The quantitative estimate of drug-likeness (QED) is 0.860. The minimum Gasteiger partial charge on any atom is -0.312 e. The van der Waals surface area contributed by atoms with Crippen molar-refractivity contribution >= 4 is 27.3 Å². The highest BCUT2D eigenvalue weighted by Gasteiger charge is 1.98. The molecule has 86 valence electrons. The second-order valence-corrected chi connectivity index (χ2v) is 5.96. The fourth-order valence-electron chi connectivity index (χ4n) is 1.48. The van der Waals surface area contributed by atoms with Gasteiger partial charge in [0, 0.05) is 32.8 Å². The normalized spacial score (nSPS) is 10.9. The van der Waals surface area contributed by atoms with Gasteiger partial charge >= 0.3 is 0 Å². The van der Waals surface area contributed by atoms with Crippen LogP contribution < -0.4 is 5.32 Å². The summed E-state index contributed by atoms with van der Waals surface area (Å²) in [6, 6.07) is 4.21. The van der Waals surface area contributed by atoms with E-state index in [2.05, 4.69) is 43.9 Å². The van der Waals surface area contributed by atoms with Gasteiger partial charge < -0.3 is 5.32 Å². The van der Waals surface area contributed by atoms with Crippen molar-refractivity contribution in [3.8, 4) is 0 Å². The summed E-state index contributed by atoms with van der Waals surface area (Å²) in [7, 11) is 1.94. The van der Waals surface area contributed by atoms with Gasteiger partial charge in [0.2, 0.25) is 0 Å². The third-order valence-electron chi connectivity index (χ3n) is 2.28. The Balaban J connectivity index is 1.69.